The summed E-state index contributed by atoms with van der Waals surface area (Å²) < 4.78 is 2.10. The van der Waals surface area contributed by atoms with Crippen LogP contribution in [0.5, 0.6) is 0 Å². The van der Waals surface area contributed by atoms with E-state index in [4.69, 9.17) is 4.99 Å². The molecule has 5 heteroatoms. The summed E-state index contributed by atoms with van der Waals surface area (Å²) >= 11 is 0. The summed E-state index contributed by atoms with van der Waals surface area (Å²) in [7, 11) is 0. The molecule has 32 heavy (non-hydrogen) atoms. The quantitative estimate of drug-likeness (QED) is 0.415. The lowest BCUT2D eigenvalue weighted by molar-refractivity contribution is 0.0933. The number of fused-ring (bicyclic) bond motifs is 4. The Morgan fingerprint density at radius 3 is 2.53 bits per heavy atom. The zero-order chi connectivity index (χ0) is 21.5. The molecule has 0 aliphatic carbocycles. The third kappa shape index (κ3) is 3.03. The number of aromatic amines is 1. The van der Waals surface area contributed by atoms with Crippen molar-refractivity contribution in [1.29, 1.82) is 0 Å². The standard InChI is InChI=1S/C27H20N4O/c32-27(22-17-19-11-4-6-13-21(19)28-22)30-26-24-15-8-16-31(24)23-14-7-5-12-20(23)25(29-26)18-9-2-1-3-10-18/h1-17,26,28H,(H,30,32)/t26-/m1/s1. The molecule has 154 valence electrons. The van der Waals surface area contributed by atoms with E-state index in [0.717, 1.165) is 39.1 Å². The van der Waals surface area contributed by atoms with Gasteiger partial charge in [-0.1, -0.05) is 66.7 Å². The van der Waals surface area contributed by atoms with Gasteiger partial charge in [0.05, 0.1) is 17.1 Å². The number of aromatic nitrogens is 2. The molecule has 5 aromatic rings. The van der Waals surface area contributed by atoms with Crippen molar-refractivity contribution in [1.82, 2.24) is 14.9 Å². The minimum absolute atomic E-state index is 0.193. The number of aliphatic imine (C=N–C) groups is 1. The summed E-state index contributed by atoms with van der Waals surface area (Å²) in [5.41, 5.74) is 6.29. The molecular formula is C27H20N4O. The van der Waals surface area contributed by atoms with Gasteiger partial charge >= 0.3 is 0 Å². The largest absolute Gasteiger partial charge is 0.351 e. The maximum atomic E-state index is 13.2. The summed E-state index contributed by atoms with van der Waals surface area (Å²) in [5.74, 6) is -0.193. The van der Waals surface area contributed by atoms with Crippen LogP contribution in [0.25, 0.3) is 16.6 Å². The highest BCUT2D eigenvalue weighted by molar-refractivity contribution is 6.15. The first-order chi connectivity index (χ1) is 15.8. The molecule has 3 aromatic carbocycles. The van der Waals surface area contributed by atoms with Crippen LogP contribution in [-0.4, -0.2) is 21.2 Å². The second-order valence-electron chi connectivity index (χ2n) is 7.81. The molecule has 1 atom stereocenters. The molecule has 1 aliphatic heterocycles. The van der Waals surface area contributed by atoms with E-state index >= 15 is 0 Å². The third-order valence-corrected chi connectivity index (χ3v) is 5.83. The van der Waals surface area contributed by atoms with Gasteiger partial charge in [-0.05, 0) is 30.3 Å². The van der Waals surface area contributed by atoms with Gasteiger partial charge in [-0.2, -0.15) is 0 Å². The van der Waals surface area contributed by atoms with E-state index in [9.17, 15) is 4.79 Å². The number of carbonyl (C=O) groups excluding carboxylic acids is 1. The molecule has 5 nitrogen and oxygen atoms in total. The van der Waals surface area contributed by atoms with Crippen molar-refractivity contribution in [3.8, 4) is 5.69 Å². The first-order valence-corrected chi connectivity index (χ1v) is 10.6. The van der Waals surface area contributed by atoms with Gasteiger partial charge in [0.1, 0.15) is 5.69 Å². The van der Waals surface area contributed by atoms with Gasteiger partial charge in [0, 0.05) is 28.2 Å². The fourth-order valence-electron chi connectivity index (χ4n) is 4.31. The highest BCUT2D eigenvalue weighted by atomic mass is 16.2. The predicted molar refractivity (Wildman–Crippen MR) is 126 cm³/mol. The highest BCUT2D eigenvalue weighted by Crippen LogP contribution is 2.30. The van der Waals surface area contributed by atoms with Crippen molar-refractivity contribution in [2.45, 2.75) is 6.17 Å². The molecule has 0 saturated carbocycles. The van der Waals surface area contributed by atoms with E-state index in [2.05, 4.69) is 27.0 Å². The van der Waals surface area contributed by atoms with E-state index in [1.54, 1.807) is 0 Å². The van der Waals surface area contributed by atoms with E-state index in [-0.39, 0.29) is 5.91 Å². The number of benzene rings is 3. The topological polar surface area (TPSA) is 62.2 Å². The fourth-order valence-corrected chi connectivity index (χ4v) is 4.31. The average Bonchev–Trinajstić information content (AvgIpc) is 3.47. The van der Waals surface area contributed by atoms with Crippen LogP contribution in [0.3, 0.4) is 0 Å². The monoisotopic (exact) mass is 416 g/mol. The second kappa shape index (κ2) is 7.39. The van der Waals surface area contributed by atoms with Crippen LogP contribution >= 0.6 is 0 Å². The lowest BCUT2D eigenvalue weighted by Crippen LogP contribution is -2.29. The number of hydrogen-bond acceptors (Lipinski definition) is 2. The van der Waals surface area contributed by atoms with Gasteiger partial charge in [0.25, 0.3) is 5.91 Å². The Morgan fingerprint density at radius 1 is 0.875 bits per heavy atom. The molecule has 2 aromatic heterocycles. The maximum Gasteiger partial charge on any atom is 0.269 e. The van der Waals surface area contributed by atoms with E-state index in [1.807, 2.05) is 91.1 Å². The lowest BCUT2D eigenvalue weighted by Gasteiger charge is -2.15. The first-order valence-electron chi connectivity index (χ1n) is 10.6. The van der Waals surface area contributed by atoms with Crippen molar-refractivity contribution < 1.29 is 4.79 Å². The minimum atomic E-state index is -0.536. The number of H-pyrrole nitrogens is 1. The Hall–Kier alpha value is -4.38. The van der Waals surface area contributed by atoms with Gasteiger partial charge in [-0.3, -0.25) is 9.79 Å². The maximum absolute atomic E-state index is 13.2. The molecule has 1 amide bonds. The minimum Gasteiger partial charge on any atom is -0.351 e. The zero-order valence-electron chi connectivity index (χ0n) is 17.2. The molecule has 1 aliphatic rings. The summed E-state index contributed by atoms with van der Waals surface area (Å²) in [6.45, 7) is 0. The summed E-state index contributed by atoms with van der Waals surface area (Å²) in [6.07, 6.45) is 1.48. The molecule has 2 N–H and O–H groups in total. The molecule has 3 heterocycles. The third-order valence-electron chi connectivity index (χ3n) is 5.83. The molecule has 0 bridgehead atoms. The van der Waals surface area contributed by atoms with Crippen LogP contribution < -0.4 is 5.32 Å². The van der Waals surface area contributed by atoms with E-state index in [0.29, 0.717) is 5.69 Å². The predicted octanol–water partition coefficient (Wildman–Crippen LogP) is 5.24. The van der Waals surface area contributed by atoms with Crippen LogP contribution in [0.15, 0.2) is 108 Å². The smallest absolute Gasteiger partial charge is 0.269 e. The van der Waals surface area contributed by atoms with Crippen LogP contribution in [0.4, 0.5) is 0 Å². The van der Waals surface area contributed by atoms with Gasteiger partial charge in [0.2, 0.25) is 0 Å². The number of rotatable bonds is 3. The molecule has 0 unspecified atom stereocenters. The van der Waals surface area contributed by atoms with Gasteiger partial charge in [0.15, 0.2) is 6.17 Å². The Balaban J connectivity index is 1.47. The van der Waals surface area contributed by atoms with Crippen molar-refractivity contribution in [2.24, 2.45) is 4.99 Å². The number of nitrogens with zero attached hydrogens (tertiary/aromatic N) is 2. The number of amides is 1. The average molecular weight is 416 g/mol. The normalized spacial score (nSPS) is 14.9. The Morgan fingerprint density at radius 2 is 1.66 bits per heavy atom. The number of para-hydroxylation sites is 2. The molecule has 0 saturated heterocycles. The molecule has 6 rings (SSSR count). The van der Waals surface area contributed by atoms with Gasteiger partial charge in [-0.25, -0.2) is 0 Å². The summed E-state index contributed by atoms with van der Waals surface area (Å²) in [5, 5.41) is 4.14. The van der Waals surface area contributed by atoms with Crippen LogP contribution in [-0.2, 0) is 0 Å². The van der Waals surface area contributed by atoms with Crippen LogP contribution in [0.1, 0.15) is 33.5 Å². The van der Waals surface area contributed by atoms with Crippen LogP contribution in [0.2, 0.25) is 0 Å². The number of hydrogen-bond donors (Lipinski definition) is 2. The van der Waals surface area contributed by atoms with E-state index in [1.165, 1.54) is 0 Å². The molecular weight excluding hydrogens is 396 g/mol. The highest BCUT2D eigenvalue weighted by Gasteiger charge is 2.26. The molecule has 0 spiro atoms. The number of carbonyl (C=O) groups is 1. The van der Waals surface area contributed by atoms with Crippen LogP contribution in [0, 0.1) is 0 Å². The summed E-state index contributed by atoms with van der Waals surface area (Å²) in [4.78, 5) is 21.5. The Bertz CT molecular complexity index is 1440. The zero-order valence-corrected chi connectivity index (χ0v) is 17.2. The molecule has 0 fully saturated rings. The first kappa shape index (κ1) is 18.4. The van der Waals surface area contributed by atoms with Crippen molar-refractivity contribution >= 4 is 22.5 Å². The summed E-state index contributed by atoms with van der Waals surface area (Å²) in [6, 6.07) is 32.0. The SMILES string of the molecule is O=C(N[C@H]1N=C(c2ccccc2)c2ccccc2-n2cccc21)c1cc2ccccc2[nH]1. The Kier molecular flexibility index (Phi) is 4.25. The van der Waals surface area contributed by atoms with Crippen molar-refractivity contribution in [3.63, 3.8) is 0 Å². The van der Waals surface area contributed by atoms with Gasteiger partial charge in [-0.15, -0.1) is 0 Å². The molecule has 0 radical (unpaired) electrons. The van der Waals surface area contributed by atoms with Crippen molar-refractivity contribution in [2.75, 3.05) is 0 Å². The Labute approximate surface area is 185 Å². The number of nitrogens with one attached hydrogen (secondary N) is 2. The van der Waals surface area contributed by atoms with E-state index < -0.39 is 6.17 Å². The lowest BCUT2D eigenvalue weighted by atomic mass is 10.0. The van der Waals surface area contributed by atoms with Gasteiger partial charge < -0.3 is 14.9 Å². The van der Waals surface area contributed by atoms with Crippen molar-refractivity contribution in [3.05, 3.63) is 126 Å². The second-order valence-corrected chi connectivity index (χ2v) is 7.81. The fraction of sp³-hybridized carbons (Fsp3) is 0.0370.